The highest BCUT2D eigenvalue weighted by Gasteiger charge is 2.16. The van der Waals surface area contributed by atoms with Crippen molar-refractivity contribution < 1.29 is 0 Å². The summed E-state index contributed by atoms with van der Waals surface area (Å²) in [6, 6.07) is 0.362. The van der Waals surface area contributed by atoms with E-state index < -0.39 is 0 Å². The monoisotopic (exact) mass is 181 g/mol. The quantitative estimate of drug-likeness (QED) is 0.662. The molecule has 1 aliphatic carbocycles. The number of hydrogen-bond acceptors (Lipinski definition) is 1. The lowest BCUT2D eigenvalue weighted by Crippen LogP contribution is -2.24. The lowest BCUT2D eigenvalue weighted by Gasteiger charge is -2.24. The van der Waals surface area contributed by atoms with Gasteiger partial charge >= 0.3 is 0 Å². The van der Waals surface area contributed by atoms with E-state index in [1.165, 1.54) is 44.1 Å². The molecule has 76 valence electrons. The van der Waals surface area contributed by atoms with Crippen molar-refractivity contribution in [2.45, 2.75) is 57.9 Å². The van der Waals surface area contributed by atoms with Crippen LogP contribution in [0.2, 0.25) is 0 Å². The fourth-order valence-corrected chi connectivity index (χ4v) is 2.38. The molecule has 1 heteroatoms. The van der Waals surface area contributed by atoms with Crippen LogP contribution in [0.5, 0.6) is 0 Å². The Morgan fingerprint density at radius 3 is 2.54 bits per heavy atom. The van der Waals surface area contributed by atoms with Gasteiger partial charge in [0, 0.05) is 6.04 Å². The van der Waals surface area contributed by atoms with E-state index in [-0.39, 0.29) is 0 Å². The van der Waals surface area contributed by atoms with Crippen molar-refractivity contribution in [2.24, 2.45) is 11.7 Å². The first-order valence-electron chi connectivity index (χ1n) is 5.58. The molecular weight excluding hydrogens is 158 g/mol. The van der Waals surface area contributed by atoms with Crippen molar-refractivity contribution in [3.63, 3.8) is 0 Å². The minimum atomic E-state index is 0.362. The van der Waals surface area contributed by atoms with Gasteiger partial charge in [0.2, 0.25) is 0 Å². The third kappa shape index (κ3) is 4.47. The molecule has 0 aromatic rings. The largest absolute Gasteiger partial charge is 0.327 e. The predicted octanol–water partition coefficient (Wildman–Crippen LogP) is 3.25. The molecule has 1 fully saturated rings. The molecule has 1 aliphatic rings. The normalized spacial score (nSPS) is 21.4. The molecule has 2 N–H and O–H groups in total. The molecule has 1 atom stereocenters. The van der Waals surface area contributed by atoms with Gasteiger partial charge < -0.3 is 5.73 Å². The summed E-state index contributed by atoms with van der Waals surface area (Å²) >= 11 is 0. The van der Waals surface area contributed by atoms with Crippen LogP contribution in [0.3, 0.4) is 0 Å². The summed E-state index contributed by atoms with van der Waals surface area (Å²) in [6.07, 6.45) is 9.32. The van der Waals surface area contributed by atoms with E-state index in [1.807, 2.05) is 0 Å². The Hall–Kier alpha value is -0.300. The van der Waals surface area contributed by atoms with Crippen LogP contribution < -0.4 is 5.73 Å². The second kappa shape index (κ2) is 5.43. The van der Waals surface area contributed by atoms with Gasteiger partial charge in [0.05, 0.1) is 0 Å². The number of hydrogen-bond donors (Lipinski definition) is 1. The lowest BCUT2D eigenvalue weighted by atomic mass is 9.84. The average molecular weight is 181 g/mol. The second-order valence-electron chi connectivity index (χ2n) is 4.66. The van der Waals surface area contributed by atoms with Crippen LogP contribution in [-0.2, 0) is 0 Å². The van der Waals surface area contributed by atoms with Gasteiger partial charge in [0.25, 0.3) is 0 Å². The Labute approximate surface area is 82.4 Å². The molecule has 0 bridgehead atoms. The van der Waals surface area contributed by atoms with E-state index in [1.54, 1.807) is 0 Å². The van der Waals surface area contributed by atoms with Crippen molar-refractivity contribution in [3.05, 3.63) is 12.2 Å². The van der Waals surface area contributed by atoms with Gasteiger partial charge in [-0.2, -0.15) is 0 Å². The summed E-state index contributed by atoms with van der Waals surface area (Å²) in [5.41, 5.74) is 7.27. The maximum atomic E-state index is 6.04. The third-order valence-corrected chi connectivity index (χ3v) is 2.97. The second-order valence-corrected chi connectivity index (χ2v) is 4.66. The summed E-state index contributed by atoms with van der Waals surface area (Å²) in [5, 5.41) is 0. The first kappa shape index (κ1) is 10.8. The van der Waals surface area contributed by atoms with Crippen LogP contribution in [0.25, 0.3) is 0 Å². The summed E-state index contributed by atoms with van der Waals surface area (Å²) < 4.78 is 0. The molecule has 0 spiro atoms. The molecule has 0 radical (unpaired) electrons. The van der Waals surface area contributed by atoms with Gasteiger partial charge in [-0.1, -0.05) is 37.7 Å². The highest BCUT2D eigenvalue weighted by atomic mass is 14.6. The van der Waals surface area contributed by atoms with Gasteiger partial charge in [-0.15, -0.1) is 6.58 Å². The molecule has 0 heterocycles. The van der Waals surface area contributed by atoms with Crippen LogP contribution in [0.4, 0.5) is 0 Å². The van der Waals surface area contributed by atoms with Crippen LogP contribution in [0.15, 0.2) is 12.2 Å². The minimum Gasteiger partial charge on any atom is -0.327 e. The summed E-state index contributed by atoms with van der Waals surface area (Å²) in [4.78, 5) is 0. The van der Waals surface area contributed by atoms with E-state index in [2.05, 4.69) is 13.5 Å². The first-order valence-corrected chi connectivity index (χ1v) is 5.58. The lowest BCUT2D eigenvalue weighted by molar-refractivity contribution is 0.316. The fraction of sp³-hybridized carbons (Fsp3) is 0.833. The van der Waals surface area contributed by atoms with Crippen LogP contribution in [0.1, 0.15) is 51.9 Å². The maximum absolute atomic E-state index is 6.04. The molecule has 1 saturated carbocycles. The van der Waals surface area contributed by atoms with E-state index in [4.69, 9.17) is 5.73 Å². The fourth-order valence-electron chi connectivity index (χ4n) is 2.38. The standard InChI is InChI=1S/C12H23N/c1-10(2)8-12(13)9-11-6-4-3-5-7-11/h11-12H,1,3-9,13H2,2H3. The van der Waals surface area contributed by atoms with Gasteiger partial charge in [-0.3, -0.25) is 0 Å². The van der Waals surface area contributed by atoms with Gasteiger partial charge in [0.1, 0.15) is 0 Å². The topological polar surface area (TPSA) is 26.0 Å². The van der Waals surface area contributed by atoms with E-state index in [0.717, 1.165) is 12.3 Å². The van der Waals surface area contributed by atoms with Crippen molar-refractivity contribution in [2.75, 3.05) is 0 Å². The molecule has 13 heavy (non-hydrogen) atoms. The van der Waals surface area contributed by atoms with E-state index in [0.29, 0.717) is 6.04 Å². The van der Waals surface area contributed by atoms with E-state index >= 15 is 0 Å². The zero-order chi connectivity index (χ0) is 9.68. The Kier molecular flexibility index (Phi) is 4.51. The molecule has 1 rings (SSSR count). The molecule has 0 aliphatic heterocycles. The molecule has 1 nitrogen and oxygen atoms in total. The van der Waals surface area contributed by atoms with Crippen LogP contribution in [0, 0.1) is 5.92 Å². The highest BCUT2D eigenvalue weighted by molar-refractivity contribution is 4.92. The van der Waals surface area contributed by atoms with E-state index in [9.17, 15) is 0 Å². The summed E-state index contributed by atoms with van der Waals surface area (Å²) in [5.74, 6) is 0.906. The van der Waals surface area contributed by atoms with Crippen LogP contribution >= 0.6 is 0 Å². The Morgan fingerprint density at radius 1 is 1.38 bits per heavy atom. The SMILES string of the molecule is C=C(C)CC(N)CC1CCCCC1. The molecule has 0 saturated heterocycles. The van der Waals surface area contributed by atoms with Crippen molar-refractivity contribution in [1.82, 2.24) is 0 Å². The van der Waals surface area contributed by atoms with Crippen LogP contribution in [-0.4, -0.2) is 6.04 Å². The minimum absolute atomic E-state index is 0.362. The van der Waals surface area contributed by atoms with Gasteiger partial charge in [-0.05, 0) is 25.7 Å². The predicted molar refractivity (Wildman–Crippen MR) is 58.6 cm³/mol. The zero-order valence-corrected chi connectivity index (χ0v) is 8.89. The molecule has 0 aromatic carbocycles. The van der Waals surface area contributed by atoms with Gasteiger partial charge in [-0.25, -0.2) is 0 Å². The zero-order valence-electron chi connectivity index (χ0n) is 8.89. The first-order chi connectivity index (χ1) is 6.18. The molecular formula is C12H23N. The molecule has 1 unspecified atom stereocenters. The number of nitrogens with two attached hydrogens (primary N) is 1. The highest BCUT2D eigenvalue weighted by Crippen LogP contribution is 2.27. The Bertz CT molecular complexity index is 157. The summed E-state index contributed by atoms with van der Waals surface area (Å²) in [6.45, 7) is 5.98. The van der Waals surface area contributed by atoms with Crippen molar-refractivity contribution in [1.29, 1.82) is 0 Å². The third-order valence-electron chi connectivity index (χ3n) is 2.97. The maximum Gasteiger partial charge on any atom is 0.00785 e. The van der Waals surface area contributed by atoms with Crippen molar-refractivity contribution >= 4 is 0 Å². The Balaban J connectivity index is 2.18. The summed E-state index contributed by atoms with van der Waals surface area (Å²) in [7, 11) is 0. The smallest absolute Gasteiger partial charge is 0.00785 e. The molecule has 0 aromatic heterocycles. The van der Waals surface area contributed by atoms with Gasteiger partial charge in [0.15, 0.2) is 0 Å². The Morgan fingerprint density at radius 2 is 2.00 bits per heavy atom. The number of rotatable bonds is 4. The average Bonchev–Trinajstić information content (AvgIpc) is 2.04. The molecule has 0 amide bonds. The van der Waals surface area contributed by atoms with Crippen molar-refractivity contribution in [3.8, 4) is 0 Å².